The topological polar surface area (TPSA) is 26.3 Å². The van der Waals surface area contributed by atoms with Crippen molar-refractivity contribution in [3.05, 3.63) is 28.3 Å². The molecule has 2 nitrogen and oxygen atoms in total. The standard InChI is InChI=1S/C18H28O2Si/c1-11-10-15(20-21(7,8)18(4,5)6)13(3)14-9-12(2)17(19)16(11)14/h10,12H,9H2,1-8H3/t12-/m1/s1. The van der Waals surface area contributed by atoms with Crippen LogP contribution in [0.1, 0.15) is 54.7 Å². The van der Waals surface area contributed by atoms with Crippen molar-refractivity contribution in [2.75, 3.05) is 0 Å². The van der Waals surface area contributed by atoms with Gasteiger partial charge in [-0.3, -0.25) is 4.79 Å². The number of benzene rings is 1. The summed E-state index contributed by atoms with van der Waals surface area (Å²) in [5.41, 5.74) is 4.39. The molecule has 0 aliphatic heterocycles. The molecule has 1 atom stereocenters. The molecule has 0 aromatic heterocycles. The van der Waals surface area contributed by atoms with E-state index in [9.17, 15) is 4.79 Å². The van der Waals surface area contributed by atoms with Gasteiger partial charge in [0.2, 0.25) is 8.32 Å². The zero-order valence-electron chi connectivity index (χ0n) is 14.7. The third-order valence-electron chi connectivity index (χ3n) is 5.24. The SMILES string of the molecule is Cc1cc(O[Si](C)(C)C(C)(C)C)c(C)c2c1C(=O)[C@H](C)C2. The minimum atomic E-state index is -1.85. The predicted octanol–water partition coefficient (Wildman–Crippen LogP) is 5.06. The molecule has 1 aliphatic carbocycles. The summed E-state index contributed by atoms with van der Waals surface area (Å²) in [6.45, 7) is 17.4. The Balaban J connectivity index is 2.48. The number of Topliss-reactive ketones (excluding diaryl/α,β-unsaturated/α-hetero) is 1. The molecule has 0 saturated heterocycles. The fraction of sp³-hybridized carbons (Fsp3) is 0.611. The normalized spacial score (nSPS) is 18.9. The second kappa shape index (κ2) is 4.98. The molecule has 0 spiro atoms. The molecule has 0 N–H and O–H groups in total. The molecule has 0 fully saturated rings. The monoisotopic (exact) mass is 304 g/mol. The highest BCUT2D eigenvalue weighted by Gasteiger charge is 2.40. The quantitative estimate of drug-likeness (QED) is 0.714. The van der Waals surface area contributed by atoms with Gasteiger partial charge in [0, 0.05) is 11.5 Å². The Kier molecular flexibility index (Phi) is 3.86. The summed E-state index contributed by atoms with van der Waals surface area (Å²) in [7, 11) is -1.85. The van der Waals surface area contributed by atoms with E-state index in [0.717, 1.165) is 28.9 Å². The molecule has 116 valence electrons. The van der Waals surface area contributed by atoms with Crippen molar-refractivity contribution in [3.8, 4) is 5.75 Å². The Morgan fingerprint density at radius 1 is 1.24 bits per heavy atom. The van der Waals surface area contributed by atoms with Crippen LogP contribution < -0.4 is 4.43 Å². The fourth-order valence-corrected chi connectivity index (χ4v) is 3.80. The molecule has 21 heavy (non-hydrogen) atoms. The number of hydrogen-bond acceptors (Lipinski definition) is 2. The third-order valence-corrected chi connectivity index (χ3v) is 9.58. The molecule has 3 heteroatoms. The first-order valence-corrected chi connectivity index (χ1v) is 10.7. The van der Waals surface area contributed by atoms with E-state index < -0.39 is 8.32 Å². The molecule has 0 bridgehead atoms. The van der Waals surface area contributed by atoms with E-state index in [2.05, 4.69) is 46.9 Å². The lowest BCUT2D eigenvalue weighted by atomic mass is 9.98. The zero-order valence-corrected chi connectivity index (χ0v) is 15.7. The van der Waals surface area contributed by atoms with Gasteiger partial charge in [-0.2, -0.15) is 0 Å². The highest BCUT2D eigenvalue weighted by molar-refractivity contribution is 6.74. The summed E-state index contributed by atoms with van der Waals surface area (Å²) in [6, 6.07) is 2.07. The van der Waals surface area contributed by atoms with Crippen LogP contribution in [0.2, 0.25) is 18.1 Å². The van der Waals surface area contributed by atoms with E-state index in [1.165, 1.54) is 5.56 Å². The van der Waals surface area contributed by atoms with E-state index >= 15 is 0 Å². The van der Waals surface area contributed by atoms with Crippen molar-refractivity contribution in [1.29, 1.82) is 0 Å². The van der Waals surface area contributed by atoms with Gasteiger partial charge in [-0.1, -0.05) is 27.7 Å². The van der Waals surface area contributed by atoms with Crippen molar-refractivity contribution < 1.29 is 9.22 Å². The molecule has 2 rings (SSSR count). The van der Waals surface area contributed by atoms with Gasteiger partial charge in [0.1, 0.15) is 5.75 Å². The first kappa shape index (κ1) is 16.3. The maximum Gasteiger partial charge on any atom is 0.250 e. The molecular weight excluding hydrogens is 276 g/mol. The Bertz CT molecular complexity index is 594. The van der Waals surface area contributed by atoms with E-state index in [1.54, 1.807) is 0 Å². The Labute approximate surface area is 130 Å². The molecular formula is C18H28O2Si. The van der Waals surface area contributed by atoms with E-state index in [-0.39, 0.29) is 11.0 Å². The van der Waals surface area contributed by atoms with Crippen LogP contribution in [-0.2, 0) is 6.42 Å². The smallest absolute Gasteiger partial charge is 0.250 e. The van der Waals surface area contributed by atoms with Gasteiger partial charge in [-0.05, 0) is 61.2 Å². The van der Waals surface area contributed by atoms with E-state index in [1.807, 2.05) is 13.8 Å². The number of fused-ring (bicyclic) bond motifs is 1. The first-order valence-electron chi connectivity index (χ1n) is 7.82. The minimum Gasteiger partial charge on any atom is -0.543 e. The Morgan fingerprint density at radius 3 is 2.33 bits per heavy atom. The number of rotatable bonds is 2. The van der Waals surface area contributed by atoms with Gasteiger partial charge in [-0.25, -0.2) is 0 Å². The molecule has 0 radical (unpaired) electrons. The van der Waals surface area contributed by atoms with E-state index in [4.69, 9.17) is 4.43 Å². The first-order chi connectivity index (χ1) is 9.45. The van der Waals surface area contributed by atoms with Crippen molar-refractivity contribution in [1.82, 2.24) is 0 Å². The Morgan fingerprint density at radius 2 is 1.81 bits per heavy atom. The number of carbonyl (C=O) groups excluding carboxylic acids is 1. The van der Waals surface area contributed by atoms with Gasteiger partial charge in [-0.15, -0.1) is 0 Å². The van der Waals surface area contributed by atoms with Gasteiger partial charge in [0.15, 0.2) is 5.78 Å². The molecule has 1 aromatic carbocycles. The second-order valence-corrected chi connectivity index (χ2v) is 12.7. The van der Waals surface area contributed by atoms with Crippen LogP contribution in [0, 0.1) is 19.8 Å². The van der Waals surface area contributed by atoms with Gasteiger partial charge < -0.3 is 4.43 Å². The van der Waals surface area contributed by atoms with E-state index in [0.29, 0.717) is 5.78 Å². The van der Waals surface area contributed by atoms with Gasteiger partial charge in [0.05, 0.1) is 0 Å². The van der Waals surface area contributed by atoms with Crippen LogP contribution >= 0.6 is 0 Å². The highest BCUT2D eigenvalue weighted by Crippen LogP contribution is 2.41. The molecule has 0 saturated carbocycles. The minimum absolute atomic E-state index is 0.112. The predicted molar refractivity (Wildman–Crippen MR) is 90.9 cm³/mol. The van der Waals surface area contributed by atoms with Crippen LogP contribution in [0.3, 0.4) is 0 Å². The van der Waals surface area contributed by atoms with Crippen LogP contribution in [-0.4, -0.2) is 14.1 Å². The summed E-state index contributed by atoms with van der Waals surface area (Å²) in [4.78, 5) is 12.3. The van der Waals surface area contributed by atoms with Crippen molar-refractivity contribution in [3.63, 3.8) is 0 Å². The van der Waals surface area contributed by atoms with Crippen molar-refractivity contribution in [2.45, 2.75) is 66.1 Å². The average Bonchev–Trinajstić information content (AvgIpc) is 2.61. The lowest BCUT2D eigenvalue weighted by molar-refractivity contribution is 0.0946. The molecule has 0 unspecified atom stereocenters. The fourth-order valence-electron chi connectivity index (χ4n) is 2.73. The summed E-state index contributed by atoms with van der Waals surface area (Å²) in [5.74, 6) is 1.39. The molecule has 1 aromatic rings. The maximum atomic E-state index is 12.3. The van der Waals surface area contributed by atoms with Gasteiger partial charge >= 0.3 is 0 Å². The number of carbonyl (C=O) groups is 1. The van der Waals surface area contributed by atoms with Crippen molar-refractivity contribution >= 4 is 14.1 Å². The zero-order chi connectivity index (χ0) is 16.2. The van der Waals surface area contributed by atoms with Crippen LogP contribution in [0.5, 0.6) is 5.75 Å². The molecule has 1 aliphatic rings. The van der Waals surface area contributed by atoms with Gasteiger partial charge in [0.25, 0.3) is 0 Å². The molecule has 0 heterocycles. The number of hydrogen-bond donors (Lipinski definition) is 0. The Hall–Kier alpha value is -1.09. The summed E-state index contributed by atoms with van der Waals surface area (Å²) in [6.07, 6.45) is 0.857. The van der Waals surface area contributed by atoms with Crippen LogP contribution in [0.15, 0.2) is 6.07 Å². The largest absolute Gasteiger partial charge is 0.543 e. The third kappa shape index (κ3) is 2.68. The second-order valence-electron chi connectivity index (χ2n) is 8.00. The van der Waals surface area contributed by atoms with Crippen LogP contribution in [0.25, 0.3) is 0 Å². The van der Waals surface area contributed by atoms with Crippen LogP contribution in [0.4, 0.5) is 0 Å². The number of aryl methyl sites for hydroxylation is 1. The summed E-state index contributed by atoms with van der Waals surface area (Å²) < 4.78 is 6.50. The number of ketones is 1. The van der Waals surface area contributed by atoms with Crippen molar-refractivity contribution in [2.24, 2.45) is 5.92 Å². The maximum absolute atomic E-state index is 12.3. The lowest BCUT2D eigenvalue weighted by Gasteiger charge is -2.37. The molecule has 0 amide bonds. The average molecular weight is 305 g/mol. The summed E-state index contributed by atoms with van der Waals surface area (Å²) >= 11 is 0. The lowest BCUT2D eigenvalue weighted by Crippen LogP contribution is -2.44. The highest BCUT2D eigenvalue weighted by atomic mass is 28.4. The summed E-state index contributed by atoms with van der Waals surface area (Å²) in [5, 5.41) is 0.176.